The lowest BCUT2D eigenvalue weighted by molar-refractivity contribution is 0.0469. The number of hydrogen-bond donors (Lipinski definition) is 2. The molecule has 140 valence electrons. The minimum atomic E-state index is -0.513. The molecule has 3 rings (SSSR count). The fourth-order valence-corrected chi connectivity index (χ4v) is 3.91. The van der Waals surface area contributed by atoms with E-state index in [4.69, 9.17) is 4.74 Å². The second-order valence-corrected chi connectivity index (χ2v) is 7.80. The number of carbonyl (C=O) groups is 2. The lowest BCUT2D eigenvalue weighted by atomic mass is 10.2. The monoisotopic (exact) mass is 401 g/mol. The fraction of sp³-hybridized carbons (Fsp3) is 0.211. The molecule has 0 fully saturated rings. The maximum absolute atomic E-state index is 12.5. The molecule has 0 aliphatic rings. The summed E-state index contributed by atoms with van der Waals surface area (Å²) in [5.74, 6) is -0.513. The van der Waals surface area contributed by atoms with Crippen LogP contribution >= 0.6 is 22.7 Å². The molecule has 3 aromatic rings. The van der Waals surface area contributed by atoms with Gasteiger partial charge < -0.3 is 15.4 Å². The van der Waals surface area contributed by atoms with E-state index in [0.29, 0.717) is 16.9 Å². The molecule has 6 nitrogen and oxygen atoms in total. The Morgan fingerprint density at radius 2 is 1.96 bits per heavy atom. The Labute approximate surface area is 165 Å². The molecule has 8 heteroatoms. The van der Waals surface area contributed by atoms with Crippen LogP contribution in [0.3, 0.4) is 0 Å². The number of ether oxygens (including phenoxy) is 1. The summed E-state index contributed by atoms with van der Waals surface area (Å²) in [6.45, 7) is 3.79. The van der Waals surface area contributed by atoms with Gasteiger partial charge in [-0.2, -0.15) is 0 Å². The van der Waals surface area contributed by atoms with E-state index >= 15 is 0 Å². The lowest BCUT2D eigenvalue weighted by Crippen LogP contribution is -2.34. The first-order valence-corrected chi connectivity index (χ1v) is 10.1. The first-order chi connectivity index (χ1) is 13.0. The highest BCUT2D eigenvalue weighted by atomic mass is 32.1. The normalized spacial score (nSPS) is 10.6. The first kappa shape index (κ1) is 19.1. The third kappa shape index (κ3) is 5.15. The molecule has 0 spiro atoms. The van der Waals surface area contributed by atoms with Crippen LogP contribution in [0.5, 0.6) is 0 Å². The number of urea groups is 1. The number of nitrogens with one attached hydrogen (secondary N) is 2. The standard InChI is InChI=1S/C19H19N3O3S2/c1-12(2)20-19(24)22-15-7-4-3-6-14(15)18(23)25-10-13-11-27-17(21-13)16-8-5-9-26-16/h3-9,11-12H,10H2,1-2H3,(H2,20,22,24). The second-order valence-electron chi connectivity index (χ2n) is 6.00. The molecule has 2 amide bonds. The number of benzene rings is 1. The van der Waals surface area contributed by atoms with E-state index in [1.54, 1.807) is 35.6 Å². The Balaban J connectivity index is 1.64. The summed E-state index contributed by atoms with van der Waals surface area (Å²) >= 11 is 3.13. The SMILES string of the molecule is CC(C)NC(=O)Nc1ccccc1C(=O)OCc1csc(-c2cccs2)n1. The van der Waals surface area contributed by atoms with Crippen molar-refractivity contribution in [2.75, 3.05) is 5.32 Å². The fourth-order valence-electron chi connectivity index (χ4n) is 2.29. The number of carbonyl (C=O) groups excluding carboxylic acids is 2. The number of amides is 2. The Bertz CT molecular complexity index is 920. The second kappa shape index (κ2) is 8.79. The summed E-state index contributed by atoms with van der Waals surface area (Å²) in [4.78, 5) is 30.0. The molecule has 2 heterocycles. The summed E-state index contributed by atoms with van der Waals surface area (Å²) < 4.78 is 5.39. The summed E-state index contributed by atoms with van der Waals surface area (Å²) in [6.07, 6.45) is 0. The van der Waals surface area contributed by atoms with Crippen molar-refractivity contribution in [3.8, 4) is 9.88 Å². The van der Waals surface area contributed by atoms with Crippen LogP contribution in [0.25, 0.3) is 9.88 Å². The van der Waals surface area contributed by atoms with Gasteiger partial charge in [0, 0.05) is 11.4 Å². The van der Waals surface area contributed by atoms with E-state index in [-0.39, 0.29) is 18.7 Å². The minimum absolute atomic E-state index is 0.00804. The largest absolute Gasteiger partial charge is 0.455 e. The molecule has 0 saturated carbocycles. The maximum atomic E-state index is 12.5. The minimum Gasteiger partial charge on any atom is -0.455 e. The van der Waals surface area contributed by atoms with Crippen LogP contribution in [-0.4, -0.2) is 23.0 Å². The smallest absolute Gasteiger partial charge is 0.340 e. The van der Waals surface area contributed by atoms with E-state index in [9.17, 15) is 9.59 Å². The highest BCUT2D eigenvalue weighted by Crippen LogP contribution is 2.28. The van der Waals surface area contributed by atoms with Crippen molar-refractivity contribution in [3.05, 3.63) is 58.4 Å². The van der Waals surface area contributed by atoms with Crippen LogP contribution in [0.1, 0.15) is 29.9 Å². The van der Waals surface area contributed by atoms with Gasteiger partial charge in [-0.25, -0.2) is 14.6 Å². The van der Waals surface area contributed by atoms with Crippen LogP contribution in [0.2, 0.25) is 0 Å². The van der Waals surface area contributed by atoms with Gasteiger partial charge in [0.25, 0.3) is 0 Å². The van der Waals surface area contributed by atoms with Gasteiger partial charge in [-0.1, -0.05) is 18.2 Å². The summed E-state index contributed by atoms with van der Waals surface area (Å²) in [7, 11) is 0. The first-order valence-electron chi connectivity index (χ1n) is 8.35. The van der Waals surface area contributed by atoms with E-state index in [0.717, 1.165) is 9.88 Å². The van der Waals surface area contributed by atoms with Crippen LogP contribution in [0, 0.1) is 0 Å². The molecule has 0 unspecified atom stereocenters. The lowest BCUT2D eigenvalue weighted by Gasteiger charge is -2.13. The van der Waals surface area contributed by atoms with Gasteiger partial charge in [0.15, 0.2) is 0 Å². The predicted molar refractivity (Wildman–Crippen MR) is 108 cm³/mol. The number of nitrogens with zero attached hydrogens (tertiary/aromatic N) is 1. The molecule has 0 aliphatic heterocycles. The van der Waals surface area contributed by atoms with Crippen molar-refractivity contribution in [3.63, 3.8) is 0 Å². The maximum Gasteiger partial charge on any atom is 0.340 e. The van der Waals surface area contributed by atoms with Gasteiger partial charge in [-0.15, -0.1) is 22.7 Å². The molecule has 2 aromatic heterocycles. The van der Waals surface area contributed by atoms with Crippen molar-refractivity contribution in [1.82, 2.24) is 10.3 Å². The average molecular weight is 402 g/mol. The third-order valence-corrected chi connectivity index (χ3v) is 5.38. The highest BCUT2D eigenvalue weighted by molar-refractivity contribution is 7.20. The van der Waals surface area contributed by atoms with Gasteiger partial charge in [-0.3, -0.25) is 0 Å². The topological polar surface area (TPSA) is 80.3 Å². The van der Waals surface area contributed by atoms with E-state index in [1.165, 1.54) is 11.3 Å². The van der Waals surface area contributed by atoms with Crippen molar-refractivity contribution in [2.24, 2.45) is 0 Å². The summed E-state index contributed by atoms with van der Waals surface area (Å²) in [5, 5.41) is 10.2. The number of anilines is 1. The van der Waals surface area contributed by atoms with Gasteiger partial charge in [0.2, 0.25) is 0 Å². The molecule has 0 saturated heterocycles. The zero-order valence-corrected chi connectivity index (χ0v) is 16.5. The number of thiazole rings is 1. The molecule has 2 N–H and O–H groups in total. The zero-order valence-electron chi connectivity index (χ0n) is 14.9. The number of esters is 1. The van der Waals surface area contributed by atoms with Crippen LogP contribution in [0.4, 0.5) is 10.5 Å². The predicted octanol–water partition coefficient (Wildman–Crippen LogP) is 4.76. The third-order valence-electron chi connectivity index (χ3n) is 3.45. The van der Waals surface area contributed by atoms with Crippen molar-refractivity contribution >= 4 is 40.4 Å². The van der Waals surface area contributed by atoms with Crippen LogP contribution in [0.15, 0.2) is 47.2 Å². The number of thiophene rings is 1. The molecular weight excluding hydrogens is 382 g/mol. The Morgan fingerprint density at radius 1 is 1.15 bits per heavy atom. The number of rotatable bonds is 6. The zero-order chi connectivity index (χ0) is 19.2. The van der Waals surface area contributed by atoms with Crippen molar-refractivity contribution in [1.29, 1.82) is 0 Å². The molecule has 0 bridgehead atoms. The van der Waals surface area contributed by atoms with Crippen LogP contribution in [-0.2, 0) is 11.3 Å². The Hall–Kier alpha value is -2.71. The quantitative estimate of drug-likeness (QED) is 0.584. The number of para-hydroxylation sites is 1. The van der Waals surface area contributed by atoms with Gasteiger partial charge in [0.1, 0.15) is 11.6 Å². The number of aromatic nitrogens is 1. The Morgan fingerprint density at radius 3 is 2.70 bits per heavy atom. The molecule has 1 aromatic carbocycles. The molecule has 0 atom stereocenters. The molecule has 27 heavy (non-hydrogen) atoms. The average Bonchev–Trinajstić information content (AvgIpc) is 3.31. The summed E-state index contributed by atoms with van der Waals surface area (Å²) in [5.41, 5.74) is 1.39. The molecule has 0 aliphatic carbocycles. The van der Waals surface area contributed by atoms with Gasteiger partial charge in [0.05, 0.1) is 21.8 Å². The van der Waals surface area contributed by atoms with Crippen LogP contribution < -0.4 is 10.6 Å². The molecular formula is C19H19N3O3S2. The van der Waals surface area contributed by atoms with Gasteiger partial charge in [-0.05, 0) is 37.4 Å². The van der Waals surface area contributed by atoms with Gasteiger partial charge >= 0.3 is 12.0 Å². The van der Waals surface area contributed by atoms with Crippen molar-refractivity contribution in [2.45, 2.75) is 26.5 Å². The van der Waals surface area contributed by atoms with E-state index < -0.39 is 5.97 Å². The Kier molecular flexibility index (Phi) is 6.20. The highest BCUT2D eigenvalue weighted by Gasteiger charge is 2.15. The van der Waals surface area contributed by atoms with Crippen molar-refractivity contribution < 1.29 is 14.3 Å². The molecule has 0 radical (unpaired) electrons. The van der Waals surface area contributed by atoms with E-state index in [2.05, 4.69) is 15.6 Å². The van der Waals surface area contributed by atoms with E-state index in [1.807, 2.05) is 36.7 Å². The number of hydrogen-bond acceptors (Lipinski definition) is 6. The summed E-state index contributed by atoms with van der Waals surface area (Å²) in [6, 6.07) is 10.3.